The summed E-state index contributed by atoms with van der Waals surface area (Å²) in [6.07, 6.45) is 0. The molecule has 0 aliphatic carbocycles. The molecule has 0 atom stereocenters. The second-order valence-electron chi connectivity index (χ2n) is 0.0816. The van der Waals surface area contributed by atoms with Crippen LogP contribution in [0.4, 0.5) is 0 Å². The van der Waals surface area contributed by atoms with E-state index < -0.39 is 0 Å². The van der Waals surface area contributed by atoms with E-state index in [1.54, 1.807) is 0 Å². The zero-order valence-electron chi connectivity index (χ0n) is 2.03. The molecule has 2 N–H and O–H groups in total. The van der Waals surface area contributed by atoms with Gasteiger partial charge in [0.2, 0.25) is 0 Å². The molecule has 5 heteroatoms. The predicted octanol–water partition coefficient (Wildman–Crippen LogP) is -0.172. The summed E-state index contributed by atoms with van der Waals surface area (Å²) in [5.74, 6) is 0. The van der Waals surface area contributed by atoms with Crippen molar-refractivity contribution in [3.63, 3.8) is 0 Å². The Hall–Kier alpha value is 0.174. The molecule has 0 amide bonds. The van der Waals surface area contributed by atoms with Crippen molar-refractivity contribution in [2.75, 3.05) is 0 Å². The average Bonchev–Trinajstić information content (AvgIpc) is 1.46. The summed E-state index contributed by atoms with van der Waals surface area (Å²) in [6, 6.07) is 0. The molecule has 0 saturated carbocycles. The first-order valence-corrected chi connectivity index (χ1v) is 0.897. The Balaban J connectivity index is 0. The van der Waals surface area contributed by atoms with Crippen molar-refractivity contribution >= 4 is 0 Å². The maximum absolute atomic E-state index is 7.88. The first-order valence-electron chi connectivity index (χ1n) is 0.494. The Bertz CT molecular complexity index is 7.61. The van der Waals surface area contributed by atoms with E-state index in [0.29, 0.717) is 0 Å². The molecule has 0 saturated heterocycles. The number of hydrogen-bond donors (Lipinski definition) is 2. The number of hydrogen-bond acceptors (Lipinski definition) is 4. The quantitative estimate of drug-likeness (QED) is 0.267. The van der Waals surface area contributed by atoms with Gasteiger partial charge in [0.1, 0.15) is 0 Å². The molecule has 0 aliphatic heterocycles. The van der Waals surface area contributed by atoms with Crippen LogP contribution in [0.15, 0.2) is 0 Å². The SMILES string of the molecule is OOO.[O]=[Ni]. The second kappa shape index (κ2) is 30.5. The zero-order valence-corrected chi connectivity index (χ0v) is 3.01. The summed E-state index contributed by atoms with van der Waals surface area (Å²) in [5, 5.41) is 15.5. The van der Waals surface area contributed by atoms with Crippen LogP contribution in [0.2, 0.25) is 0 Å². The minimum absolute atomic E-state index is 2.25. The molecule has 0 aromatic rings. The Morgan fingerprint density at radius 2 is 1.40 bits per heavy atom. The van der Waals surface area contributed by atoms with Crippen molar-refractivity contribution in [1.29, 1.82) is 0 Å². The molecule has 0 heterocycles. The molecule has 0 aliphatic rings. The Labute approximate surface area is 35.8 Å². The van der Waals surface area contributed by atoms with E-state index in [9.17, 15) is 0 Å². The monoisotopic (exact) mass is 124 g/mol. The van der Waals surface area contributed by atoms with Gasteiger partial charge in [0.05, 0.1) is 0 Å². The molecular weight excluding hydrogens is 123 g/mol. The fraction of sp³-hybridized carbons (Fsp3) is 0. The van der Waals surface area contributed by atoms with E-state index in [4.69, 9.17) is 14.4 Å². The van der Waals surface area contributed by atoms with Crippen LogP contribution in [-0.4, -0.2) is 10.5 Å². The van der Waals surface area contributed by atoms with E-state index in [-0.39, 0.29) is 0 Å². The predicted molar refractivity (Wildman–Crippen MR) is 7.03 cm³/mol. The Morgan fingerprint density at radius 3 is 1.40 bits per heavy atom. The Morgan fingerprint density at radius 1 is 1.40 bits per heavy atom. The van der Waals surface area contributed by atoms with Crippen LogP contribution >= 0.6 is 0 Å². The van der Waals surface area contributed by atoms with Crippen LogP contribution in [0.5, 0.6) is 0 Å². The molecule has 4 nitrogen and oxygen atoms in total. The van der Waals surface area contributed by atoms with Crippen molar-refractivity contribution in [1.82, 2.24) is 0 Å². The Kier molecular flexibility index (Phi) is 54.6. The topological polar surface area (TPSA) is 66.8 Å². The molecule has 0 bridgehead atoms. The van der Waals surface area contributed by atoms with E-state index in [0.717, 1.165) is 0 Å². The molecule has 0 aromatic heterocycles. The molecule has 5 heavy (non-hydrogen) atoms. The van der Waals surface area contributed by atoms with Gasteiger partial charge in [-0.2, -0.15) is 0 Å². The maximum atomic E-state index is 7.88. The molecular formula is H2NiO4. The third-order valence-corrected chi connectivity index (χ3v) is 0. The summed E-state index contributed by atoms with van der Waals surface area (Å²) < 4.78 is 7.88. The normalized spacial score (nSPS) is 4.80. The van der Waals surface area contributed by atoms with E-state index in [1.165, 1.54) is 0 Å². The first-order chi connectivity index (χ1) is 2.41. The summed E-state index contributed by atoms with van der Waals surface area (Å²) in [7, 11) is 0. The van der Waals surface area contributed by atoms with Crippen LogP contribution < -0.4 is 0 Å². The first kappa shape index (κ1) is 8.95. The van der Waals surface area contributed by atoms with Crippen molar-refractivity contribution in [3.05, 3.63) is 0 Å². The van der Waals surface area contributed by atoms with Gasteiger partial charge in [-0.25, -0.2) is 10.5 Å². The van der Waals surface area contributed by atoms with Crippen LogP contribution in [0.1, 0.15) is 0 Å². The van der Waals surface area contributed by atoms with Gasteiger partial charge in [-0.3, -0.25) is 0 Å². The van der Waals surface area contributed by atoms with Crippen LogP contribution in [-0.2, 0) is 24.3 Å². The van der Waals surface area contributed by atoms with Gasteiger partial charge < -0.3 is 0 Å². The van der Waals surface area contributed by atoms with Crippen molar-refractivity contribution < 1.29 is 34.8 Å². The van der Waals surface area contributed by atoms with Gasteiger partial charge in [0, 0.05) is 0 Å². The van der Waals surface area contributed by atoms with Crippen molar-refractivity contribution in [2.45, 2.75) is 0 Å². The van der Waals surface area contributed by atoms with Crippen LogP contribution in [0.3, 0.4) is 0 Å². The third kappa shape index (κ3) is 655. The van der Waals surface area contributed by atoms with Gasteiger partial charge in [-0.15, -0.1) is 0 Å². The minimum atomic E-state index is 2.25. The molecule has 0 spiro atoms. The molecule has 36 valence electrons. The standard InChI is InChI=1S/Ni.H2O3.O/c;1-3-2;/h;1-2H;. The second-order valence-corrected chi connectivity index (χ2v) is 0.0816. The van der Waals surface area contributed by atoms with Crippen LogP contribution in [0.25, 0.3) is 0 Å². The third-order valence-electron chi connectivity index (χ3n) is 0. The molecule has 0 rings (SSSR count). The van der Waals surface area contributed by atoms with E-state index in [2.05, 4.69) is 20.4 Å². The van der Waals surface area contributed by atoms with Gasteiger partial charge in [-0.1, -0.05) is 5.04 Å². The number of rotatable bonds is 0. The molecule has 0 fully saturated rings. The fourth-order valence-corrected chi connectivity index (χ4v) is 0. The van der Waals surface area contributed by atoms with Gasteiger partial charge in [0.15, 0.2) is 0 Å². The summed E-state index contributed by atoms with van der Waals surface area (Å²) in [5.41, 5.74) is 0. The van der Waals surface area contributed by atoms with Gasteiger partial charge >= 0.3 is 19.3 Å². The fourth-order valence-electron chi connectivity index (χ4n) is 0. The van der Waals surface area contributed by atoms with Gasteiger partial charge in [-0.05, 0) is 0 Å². The average molecular weight is 125 g/mol. The summed E-state index contributed by atoms with van der Waals surface area (Å²) in [6.45, 7) is 0. The molecule has 0 radical (unpaired) electrons. The van der Waals surface area contributed by atoms with E-state index >= 15 is 0 Å². The molecule has 0 aromatic carbocycles. The van der Waals surface area contributed by atoms with Crippen molar-refractivity contribution in [2.24, 2.45) is 0 Å². The van der Waals surface area contributed by atoms with Crippen molar-refractivity contribution in [3.8, 4) is 0 Å². The van der Waals surface area contributed by atoms with Gasteiger partial charge in [0.25, 0.3) is 0 Å². The zero-order chi connectivity index (χ0) is 4.71. The van der Waals surface area contributed by atoms with E-state index in [1.807, 2.05) is 0 Å². The summed E-state index contributed by atoms with van der Waals surface area (Å²) in [4.78, 5) is 0. The van der Waals surface area contributed by atoms with Crippen LogP contribution in [0, 0.1) is 0 Å². The summed E-state index contributed by atoms with van der Waals surface area (Å²) >= 11 is 2.62. The molecule has 0 unspecified atom stereocenters.